The van der Waals surface area contributed by atoms with Gasteiger partial charge in [0.1, 0.15) is 5.82 Å². The Hall–Kier alpha value is -3.27. The summed E-state index contributed by atoms with van der Waals surface area (Å²) < 4.78 is 26.4. The van der Waals surface area contributed by atoms with Gasteiger partial charge in [-0.05, 0) is 37.3 Å². The van der Waals surface area contributed by atoms with Crippen molar-refractivity contribution < 1.29 is 18.1 Å². The molecule has 0 atom stereocenters. The molecule has 0 saturated heterocycles. The Bertz CT molecular complexity index is 1090. The fourth-order valence-corrected chi connectivity index (χ4v) is 3.24. The number of hydrogen-bond donors (Lipinski definition) is 2. The third-order valence-corrected chi connectivity index (χ3v) is 4.79. The number of nitrogens with zero attached hydrogens (tertiary/aromatic N) is 2. The topological polar surface area (TPSA) is 135 Å². The monoisotopic (exact) mass is 360 g/mol. The molecule has 0 bridgehead atoms. The molecule has 25 heavy (non-hydrogen) atoms. The van der Waals surface area contributed by atoms with Crippen LogP contribution in [0.1, 0.15) is 16.2 Å². The molecule has 0 aliphatic heterocycles. The molecule has 0 unspecified atom stereocenters. The molecule has 3 aromatic rings. The Morgan fingerprint density at radius 3 is 2.52 bits per heavy atom. The van der Waals surface area contributed by atoms with Crippen LogP contribution < -0.4 is 4.72 Å². The predicted molar refractivity (Wildman–Crippen MR) is 88.6 cm³/mol. The smallest absolute Gasteiger partial charge is 0.269 e. The number of imidazole rings is 1. The summed E-state index contributed by atoms with van der Waals surface area (Å²) in [6.07, 6.45) is 0. The van der Waals surface area contributed by atoms with Crippen molar-refractivity contribution in [2.75, 3.05) is 0 Å². The van der Waals surface area contributed by atoms with E-state index < -0.39 is 20.9 Å². The number of amides is 1. The Morgan fingerprint density at radius 1 is 1.20 bits per heavy atom. The summed E-state index contributed by atoms with van der Waals surface area (Å²) in [6.45, 7) is 1.76. The van der Waals surface area contributed by atoms with Gasteiger partial charge in [-0.3, -0.25) is 14.9 Å². The molecule has 0 spiro atoms. The molecule has 1 heterocycles. The molecule has 9 nitrogen and oxygen atoms in total. The molecule has 2 aromatic carbocycles. The van der Waals surface area contributed by atoms with Gasteiger partial charge >= 0.3 is 0 Å². The van der Waals surface area contributed by atoms with Crippen LogP contribution in [-0.2, 0) is 10.0 Å². The van der Waals surface area contributed by atoms with Crippen LogP contribution in [0.5, 0.6) is 0 Å². The van der Waals surface area contributed by atoms with Gasteiger partial charge in [-0.2, -0.15) is 0 Å². The molecule has 1 amide bonds. The van der Waals surface area contributed by atoms with E-state index >= 15 is 0 Å². The highest BCUT2D eigenvalue weighted by atomic mass is 32.2. The number of carbonyl (C=O) groups is 1. The second kappa shape index (κ2) is 5.98. The van der Waals surface area contributed by atoms with E-state index in [2.05, 4.69) is 9.97 Å². The summed E-state index contributed by atoms with van der Waals surface area (Å²) in [7, 11) is -4.15. The quantitative estimate of drug-likeness (QED) is 0.539. The average molecular weight is 360 g/mol. The van der Waals surface area contributed by atoms with Gasteiger partial charge in [-0.15, -0.1) is 0 Å². The van der Waals surface area contributed by atoms with Crippen molar-refractivity contribution in [1.29, 1.82) is 0 Å². The standard InChI is InChI=1S/C15H12N4O5S/c1-9-16-13-7-2-10(8-14(13)17-9)15(20)18-25(23,24)12-5-3-11(4-6-12)19(21)22/h2-8H,1H3,(H,16,17)(H,18,20). The molecule has 0 saturated carbocycles. The third kappa shape index (κ3) is 3.33. The SMILES string of the molecule is Cc1nc2ccc(C(=O)NS(=O)(=O)c3ccc([N+](=O)[O-])cc3)cc2[nH]1. The molecule has 128 valence electrons. The number of hydrogen-bond acceptors (Lipinski definition) is 6. The number of fused-ring (bicyclic) bond motifs is 1. The number of nitrogens with one attached hydrogen (secondary N) is 2. The van der Waals surface area contributed by atoms with Gasteiger partial charge in [0.25, 0.3) is 21.6 Å². The minimum absolute atomic E-state index is 0.140. The molecule has 0 aliphatic rings. The summed E-state index contributed by atoms with van der Waals surface area (Å²) in [4.78, 5) is 29.1. The lowest BCUT2D eigenvalue weighted by Crippen LogP contribution is -2.30. The van der Waals surface area contributed by atoms with Gasteiger partial charge in [0.15, 0.2) is 0 Å². The van der Waals surface area contributed by atoms with E-state index in [1.807, 2.05) is 4.72 Å². The molecular formula is C15H12N4O5S. The fraction of sp³-hybridized carbons (Fsp3) is 0.0667. The number of rotatable bonds is 4. The van der Waals surface area contributed by atoms with Crippen LogP contribution in [-0.4, -0.2) is 29.2 Å². The van der Waals surface area contributed by atoms with Gasteiger partial charge < -0.3 is 4.98 Å². The second-order valence-electron chi connectivity index (χ2n) is 5.24. The minimum Gasteiger partial charge on any atom is -0.342 e. The van der Waals surface area contributed by atoms with Crippen LogP contribution >= 0.6 is 0 Å². The lowest BCUT2D eigenvalue weighted by molar-refractivity contribution is -0.384. The van der Waals surface area contributed by atoms with Crippen molar-refractivity contribution >= 4 is 32.7 Å². The summed E-state index contributed by atoms with van der Waals surface area (Å²) in [5.41, 5.74) is 1.16. The molecule has 2 N–H and O–H groups in total. The fourth-order valence-electron chi connectivity index (χ4n) is 2.27. The summed E-state index contributed by atoms with van der Waals surface area (Å²) in [5.74, 6) is -0.140. The van der Waals surface area contributed by atoms with Crippen molar-refractivity contribution in [1.82, 2.24) is 14.7 Å². The number of non-ortho nitro benzene ring substituents is 1. The predicted octanol–water partition coefficient (Wildman–Crippen LogP) is 1.90. The van der Waals surface area contributed by atoms with Crippen LogP contribution in [0.25, 0.3) is 11.0 Å². The third-order valence-electron chi connectivity index (χ3n) is 3.45. The largest absolute Gasteiger partial charge is 0.342 e. The number of nitro groups is 1. The van der Waals surface area contributed by atoms with E-state index in [-0.39, 0.29) is 16.1 Å². The zero-order chi connectivity index (χ0) is 18.2. The van der Waals surface area contributed by atoms with E-state index in [1.54, 1.807) is 13.0 Å². The maximum atomic E-state index is 12.2. The van der Waals surface area contributed by atoms with Gasteiger partial charge in [0, 0.05) is 17.7 Å². The molecule has 0 fully saturated rings. The van der Waals surface area contributed by atoms with Gasteiger partial charge in [0.05, 0.1) is 20.9 Å². The van der Waals surface area contributed by atoms with Crippen LogP contribution in [0.15, 0.2) is 47.4 Å². The van der Waals surface area contributed by atoms with Crippen molar-refractivity contribution in [3.8, 4) is 0 Å². The average Bonchev–Trinajstić information content (AvgIpc) is 2.93. The lowest BCUT2D eigenvalue weighted by Gasteiger charge is -2.07. The molecule has 10 heteroatoms. The number of aryl methyl sites for hydroxylation is 1. The zero-order valence-corrected chi connectivity index (χ0v) is 13.7. The Balaban J connectivity index is 1.85. The molecule has 0 aliphatic carbocycles. The van der Waals surface area contributed by atoms with Crippen molar-refractivity contribution in [3.05, 3.63) is 64.0 Å². The number of H-pyrrole nitrogens is 1. The van der Waals surface area contributed by atoms with E-state index in [0.717, 1.165) is 24.3 Å². The van der Waals surface area contributed by atoms with Crippen LogP contribution in [0, 0.1) is 17.0 Å². The lowest BCUT2D eigenvalue weighted by atomic mass is 10.2. The zero-order valence-electron chi connectivity index (χ0n) is 12.9. The normalized spacial score (nSPS) is 11.4. The maximum Gasteiger partial charge on any atom is 0.269 e. The summed E-state index contributed by atoms with van der Waals surface area (Å²) in [6, 6.07) is 8.80. The highest BCUT2D eigenvalue weighted by molar-refractivity contribution is 7.90. The van der Waals surface area contributed by atoms with Crippen LogP contribution in [0.4, 0.5) is 5.69 Å². The molecule has 1 aromatic heterocycles. The number of benzene rings is 2. The van der Waals surface area contributed by atoms with Gasteiger partial charge in [0.2, 0.25) is 0 Å². The molecule has 0 radical (unpaired) electrons. The van der Waals surface area contributed by atoms with Crippen molar-refractivity contribution in [2.24, 2.45) is 0 Å². The Kier molecular flexibility index (Phi) is 3.97. The first-order valence-corrected chi connectivity index (χ1v) is 8.52. The Labute approximate surface area is 141 Å². The minimum atomic E-state index is -4.15. The van der Waals surface area contributed by atoms with Gasteiger partial charge in [-0.25, -0.2) is 18.1 Å². The maximum absolute atomic E-state index is 12.2. The first kappa shape index (κ1) is 16.6. The Morgan fingerprint density at radius 2 is 1.88 bits per heavy atom. The molecule has 3 rings (SSSR count). The highest BCUT2D eigenvalue weighted by Gasteiger charge is 2.20. The van der Waals surface area contributed by atoms with Crippen molar-refractivity contribution in [2.45, 2.75) is 11.8 Å². The first-order chi connectivity index (χ1) is 11.8. The van der Waals surface area contributed by atoms with E-state index in [9.17, 15) is 23.3 Å². The van der Waals surface area contributed by atoms with E-state index in [4.69, 9.17) is 0 Å². The number of sulfonamides is 1. The van der Waals surface area contributed by atoms with Crippen LogP contribution in [0.3, 0.4) is 0 Å². The molecular weight excluding hydrogens is 348 g/mol. The summed E-state index contributed by atoms with van der Waals surface area (Å²) >= 11 is 0. The van der Waals surface area contributed by atoms with Crippen molar-refractivity contribution in [3.63, 3.8) is 0 Å². The second-order valence-corrected chi connectivity index (χ2v) is 6.92. The number of aromatic nitrogens is 2. The number of aromatic amines is 1. The highest BCUT2D eigenvalue weighted by Crippen LogP contribution is 2.17. The number of carbonyl (C=O) groups excluding carboxylic acids is 1. The van der Waals surface area contributed by atoms with E-state index in [1.165, 1.54) is 12.1 Å². The first-order valence-electron chi connectivity index (χ1n) is 7.04. The number of nitro benzene ring substituents is 1. The summed E-state index contributed by atoms with van der Waals surface area (Å²) in [5, 5.41) is 10.6. The van der Waals surface area contributed by atoms with Crippen LogP contribution in [0.2, 0.25) is 0 Å². The van der Waals surface area contributed by atoms with Gasteiger partial charge in [-0.1, -0.05) is 0 Å². The van der Waals surface area contributed by atoms with E-state index in [0.29, 0.717) is 16.9 Å².